The van der Waals surface area contributed by atoms with E-state index in [1.165, 1.54) is 23.1 Å². The van der Waals surface area contributed by atoms with E-state index in [-0.39, 0.29) is 5.54 Å². The van der Waals surface area contributed by atoms with Gasteiger partial charge in [-0.2, -0.15) is 0 Å². The molecule has 0 fully saturated rings. The fourth-order valence-electron chi connectivity index (χ4n) is 3.22. The third-order valence-corrected chi connectivity index (χ3v) is 4.37. The van der Waals surface area contributed by atoms with Gasteiger partial charge in [-0.1, -0.05) is 42.8 Å². The number of hydrogen-bond acceptors (Lipinski definition) is 2. The van der Waals surface area contributed by atoms with Crippen molar-refractivity contribution in [3.05, 3.63) is 65.2 Å². The molecule has 1 aliphatic carbocycles. The standard InChI is InChI=1S/C18H21NO/c1-20-16-11-9-15(10-12-16)18(19)13-5-4-7-14-6-2-3-8-17(14)18/h2-3,6,8-12H,4-5,7,13,19H2,1H3. The van der Waals surface area contributed by atoms with Crippen molar-refractivity contribution in [2.24, 2.45) is 5.73 Å². The maximum atomic E-state index is 6.84. The number of rotatable bonds is 2. The van der Waals surface area contributed by atoms with E-state index in [0.717, 1.165) is 25.0 Å². The summed E-state index contributed by atoms with van der Waals surface area (Å²) in [4.78, 5) is 0. The minimum absolute atomic E-state index is 0.376. The van der Waals surface area contributed by atoms with Gasteiger partial charge in [0, 0.05) is 0 Å². The molecule has 0 heterocycles. The molecule has 2 nitrogen and oxygen atoms in total. The van der Waals surface area contributed by atoms with Gasteiger partial charge in [0.15, 0.2) is 0 Å². The van der Waals surface area contributed by atoms with Crippen LogP contribution in [0.3, 0.4) is 0 Å². The van der Waals surface area contributed by atoms with Gasteiger partial charge in [-0.15, -0.1) is 0 Å². The second-order valence-electron chi connectivity index (χ2n) is 5.56. The Bertz CT molecular complexity index is 591. The minimum Gasteiger partial charge on any atom is -0.497 e. The molecule has 1 unspecified atom stereocenters. The average Bonchev–Trinajstić information content (AvgIpc) is 2.68. The van der Waals surface area contributed by atoms with Crippen LogP contribution in [0.15, 0.2) is 48.5 Å². The Morgan fingerprint density at radius 3 is 2.50 bits per heavy atom. The first-order valence-corrected chi connectivity index (χ1v) is 7.26. The van der Waals surface area contributed by atoms with Crippen molar-refractivity contribution in [2.75, 3.05) is 7.11 Å². The fraction of sp³-hybridized carbons (Fsp3) is 0.333. The molecule has 2 N–H and O–H groups in total. The molecule has 3 rings (SSSR count). The third kappa shape index (κ3) is 2.20. The van der Waals surface area contributed by atoms with Gasteiger partial charge in [0.25, 0.3) is 0 Å². The molecular weight excluding hydrogens is 246 g/mol. The van der Waals surface area contributed by atoms with Crippen molar-refractivity contribution >= 4 is 0 Å². The van der Waals surface area contributed by atoms with Crippen LogP contribution in [0.1, 0.15) is 36.0 Å². The van der Waals surface area contributed by atoms with E-state index < -0.39 is 0 Å². The molecule has 0 saturated heterocycles. The molecule has 20 heavy (non-hydrogen) atoms. The third-order valence-electron chi connectivity index (χ3n) is 4.37. The molecule has 0 aromatic heterocycles. The summed E-state index contributed by atoms with van der Waals surface area (Å²) >= 11 is 0. The predicted molar refractivity (Wildman–Crippen MR) is 82.0 cm³/mol. The summed E-state index contributed by atoms with van der Waals surface area (Å²) in [5.41, 5.74) is 10.3. The quantitative estimate of drug-likeness (QED) is 0.843. The summed E-state index contributed by atoms with van der Waals surface area (Å²) in [6.07, 6.45) is 4.50. The van der Waals surface area contributed by atoms with E-state index in [0.29, 0.717) is 0 Å². The number of aryl methyl sites for hydroxylation is 1. The smallest absolute Gasteiger partial charge is 0.118 e. The van der Waals surface area contributed by atoms with Crippen molar-refractivity contribution in [3.63, 3.8) is 0 Å². The van der Waals surface area contributed by atoms with E-state index in [4.69, 9.17) is 10.5 Å². The Morgan fingerprint density at radius 1 is 1.00 bits per heavy atom. The predicted octanol–water partition coefficient (Wildman–Crippen LogP) is 3.62. The molecule has 2 aromatic carbocycles. The summed E-state index contributed by atoms with van der Waals surface area (Å²) in [5, 5.41) is 0. The molecule has 2 aromatic rings. The zero-order valence-corrected chi connectivity index (χ0v) is 11.9. The van der Waals surface area contributed by atoms with Crippen LogP contribution in [0.4, 0.5) is 0 Å². The molecule has 0 amide bonds. The van der Waals surface area contributed by atoms with Crippen LogP contribution in [-0.4, -0.2) is 7.11 Å². The number of ether oxygens (including phenoxy) is 1. The van der Waals surface area contributed by atoms with E-state index >= 15 is 0 Å². The molecule has 0 saturated carbocycles. The highest BCUT2D eigenvalue weighted by Crippen LogP contribution is 2.37. The normalized spacial score (nSPS) is 21.9. The van der Waals surface area contributed by atoms with Crippen molar-refractivity contribution in [1.82, 2.24) is 0 Å². The van der Waals surface area contributed by atoms with Gasteiger partial charge in [0.1, 0.15) is 5.75 Å². The van der Waals surface area contributed by atoms with Crippen LogP contribution < -0.4 is 10.5 Å². The number of methoxy groups -OCH3 is 1. The van der Waals surface area contributed by atoms with E-state index in [2.05, 4.69) is 36.4 Å². The number of hydrogen-bond donors (Lipinski definition) is 1. The first-order chi connectivity index (χ1) is 9.74. The van der Waals surface area contributed by atoms with Gasteiger partial charge in [-0.05, 0) is 48.1 Å². The van der Waals surface area contributed by atoms with Gasteiger partial charge < -0.3 is 10.5 Å². The van der Waals surface area contributed by atoms with Crippen LogP contribution >= 0.6 is 0 Å². The van der Waals surface area contributed by atoms with Crippen molar-refractivity contribution < 1.29 is 4.74 Å². The first-order valence-electron chi connectivity index (χ1n) is 7.26. The van der Waals surface area contributed by atoms with Gasteiger partial charge in [0.2, 0.25) is 0 Å². The number of nitrogens with two attached hydrogens (primary N) is 1. The summed E-state index contributed by atoms with van der Waals surface area (Å²) in [7, 11) is 1.69. The Morgan fingerprint density at radius 2 is 1.75 bits per heavy atom. The van der Waals surface area contributed by atoms with Gasteiger partial charge in [-0.25, -0.2) is 0 Å². The van der Waals surface area contributed by atoms with Gasteiger partial charge >= 0.3 is 0 Å². The number of benzene rings is 2. The van der Waals surface area contributed by atoms with Gasteiger partial charge in [0.05, 0.1) is 12.6 Å². The van der Waals surface area contributed by atoms with Crippen molar-refractivity contribution in [2.45, 2.75) is 31.2 Å². The van der Waals surface area contributed by atoms with Gasteiger partial charge in [-0.3, -0.25) is 0 Å². The highest BCUT2D eigenvalue weighted by atomic mass is 16.5. The van der Waals surface area contributed by atoms with Crippen LogP contribution in [0, 0.1) is 0 Å². The molecule has 1 atom stereocenters. The van der Waals surface area contributed by atoms with Crippen LogP contribution in [0.25, 0.3) is 0 Å². The lowest BCUT2D eigenvalue weighted by molar-refractivity contribution is 0.413. The molecule has 104 valence electrons. The Labute approximate surface area is 120 Å². The lowest BCUT2D eigenvalue weighted by Crippen LogP contribution is -2.38. The molecule has 0 spiro atoms. The summed E-state index contributed by atoms with van der Waals surface area (Å²) in [6.45, 7) is 0. The summed E-state index contributed by atoms with van der Waals surface area (Å²) in [5.74, 6) is 0.874. The monoisotopic (exact) mass is 267 g/mol. The average molecular weight is 267 g/mol. The fourth-order valence-corrected chi connectivity index (χ4v) is 3.22. The van der Waals surface area contributed by atoms with E-state index in [9.17, 15) is 0 Å². The Hall–Kier alpha value is -1.80. The summed E-state index contributed by atoms with van der Waals surface area (Å²) < 4.78 is 5.24. The SMILES string of the molecule is COc1ccc(C2(N)CCCCc3ccccc32)cc1. The molecule has 0 radical (unpaired) electrons. The highest BCUT2D eigenvalue weighted by Gasteiger charge is 2.32. The Kier molecular flexibility index (Phi) is 3.49. The molecule has 1 aliphatic rings. The lowest BCUT2D eigenvalue weighted by Gasteiger charge is -2.31. The topological polar surface area (TPSA) is 35.2 Å². The zero-order valence-electron chi connectivity index (χ0n) is 11.9. The summed E-state index contributed by atoms with van der Waals surface area (Å²) in [6, 6.07) is 16.8. The molecule has 2 heteroatoms. The van der Waals surface area contributed by atoms with Crippen molar-refractivity contribution in [1.29, 1.82) is 0 Å². The molecule has 0 bridgehead atoms. The van der Waals surface area contributed by atoms with Crippen LogP contribution in [0.5, 0.6) is 5.75 Å². The van der Waals surface area contributed by atoms with Crippen molar-refractivity contribution in [3.8, 4) is 5.75 Å². The maximum Gasteiger partial charge on any atom is 0.118 e. The van der Waals surface area contributed by atoms with Crippen LogP contribution in [-0.2, 0) is 12.0 Å². The van der Waals surface area contributed by atoms with Crippen LogP contribution in [0.2, 0.25) is 0 Å². The number of fused-ring (bicyclic) bond motifs is 1. The van der Waals surface area contributed by atoms with E-state index in [1.54, 1.807) is 7.11 Å². The first kappa shape index (κ1) is 13.2. The lowest BCUT2D eigenvalue weighted by atomic mass is 9.79. The zero-order chi connectivity index (χ0) is 14.0. The van der Waals surface area contributed by atoms with E-state index in [1.807, 2.05) is 12.1 Å². The second kappa shape index (κ2) is 5.29. The molecule has 0 aliphatic heterocycles. The minimum atomic E-state index is -0.376. The molecular formula is C18H21NO. The largest absolute Gasteiger partial charge is 0.497 e. The second-order valence-corrected chi connectivity index (χ2v) is 5.56. The Balaban J connectivity index is 2.09. The highest BCUT2D eigenvalue weighted by molar-refractivity contribution is 5.44. The maximum absolute atomic E-state index is 6.84.